The molecule has 31 heavy (non-hydrogen) atoms. The average molecular weight is 446 g/mol. The molecular weight excluding hydrogens is 427 g/mol. The van der Waals surface area contributed by atoms with Crippen molar-refractivity contribution in [2.24, 2.45) is 0 Å². The predicted molar refractivity (Wildman–Crippen MR) is 116 cm³/mol. The van der Waals surface area contributed by atoms with E-state index >= 15 is 4.39 Å². The van der Waals surface area contributed by atoms with Crippen LogP contribution in [0.15, 0.2) is 42.5 Å². The van der Waals surface area contributed by atoms with Crippen molar-refractivity contribution >= 4 is 21.4 Å². The van der Waals surface area contributed by atoms with Crippen LogP contribution < -0.4 is 0 Å². The second-order valence-corrected chi connectivity index (χ2v) is 8.49. The number of thiophene rings is 1. The Morgan fingerprint density at radius 3 is 1.74 bits per heavy atom. The van der Waals surface area contributed by atoms with Crippen molar-refractivity contribution in [3.8, 4) is 22.3 Å². The molecule has 0 N–H and O–H groups in total. The summed E-state index contributed by atoms with van der Waals surface area (Å²) >= 11 is 1.27. The van der Waals surface area contributed by atoms with Gasteiger partial charge in [0.25, 0.3) is 0 Å². The summed E-state index contributed by atoms with van der Waals surface area (Å²) in [7, 11) is 0. The van der Waals surface area contributed by atoms with Crippen molar-refractivity contribution in [3.05, 3.63) is 82.0 Å². The molecule has 0 spiro atoms. The van der Waals surface area contributed by atoms with Gasteiger partial charge in [0.1, 0.15) is 5.82 Å². The van der Waals surface area contributed by atoms with Gasteiger partial charge in [-0.3, -0.25) is 0 Å². The number of hydrogen-bond acceptors (Lipinski definition) is 1. The Kier molecular flexibility index (Phi) is 5.84. The summed E-state index contributed by atoms with van der Waals surface area (Å²) in [6.07, 6.45) is 1.70. The van der Waals surface area contributed by atoms with Gasteiger partial charge in [0, 0.05) is 27.1 Å². The van der Waals surface area contributed by atoms with Crippen LogP contribution in [-0.2, 0) is 12.8 Å². The molecule has 0 bridgehead atoms. The van der Waals surface area contributed by atoms with E-state index in [2.05, 4.69) is 0 Å². The van der Waals surface area contributed by atoms with Gasteiger partial charge < -0.3 is 0 Å². The van der Waals surface area contributed by atoms with E-state index in [1.807, 2.05) is 19.9 Å². The number of fused-ring (bicyclic) bond motifs is 1. The van der Waals surface area contributed by atoms with Crippen LogP contribution in [0.3, 0.4) is 0 Å². The third kappa shape index (κ3) is 3.63. The topological polar surface area (TPSA) is 0 Å². The monoisotopic (exact) mass is 446 g/mol. The van der Waals surface area contributed by atoms with E-state index in [1.165, 1.54) is 35.6 Å². The lowest BCUT2D eigenvalue weighted by Gasteiger charge is -2.12. The molecule has 0 saturated carbocycles. The molecule has 3 aromatic carbocycles. The fourth-order valence-corrected chi connectivity index (χ4v) is 4.77. The standard InChI is InChI=1S/C25H19F5S/c1-3-5-13-6-8-16(21(27)20(13)26)17-10-11-18(23(29)22(17)28)19-9-7-14-12-15(4-2)31-25(14)24(19)30/h6-12H,3-5H2,1-2H3. The zero-order valence-electron chi connectivity index (χ0n) is 17.0. The van der Waals surface area contributed by atoms with Crippen molar-refractivity contribution in [1.82, 2.24) is 0 Å². The first-order valence-corrected chi connectivity index (χ1v) is 10.9. The van der Waals surface area contributed by atoms with Gasteiger partial charge in [-0.05, 0) is 29.9 Å². The molecule has 0 aliphatic carbocycles. The Bertz CT molecular complexity index is 1290. The van der Waals surface area contributed by atoms with Crippen LogP contribution in [0.25, 0.3) is 32.3 Å². The average Bonchev–Trinajstić information content (AvgIpc) is 3.19. The maximum atomic E-state index is 15.1. The predicted octanol–water partition coefficient (Wildman–Crippen LogP) is 8.45. The Labute approximate surface area is 181 Å². The normalized spacial score (nSPS) is 11.5. The van der Waals surface area contributed by atoms with E-state index < -0.39 is 34.6 Å². The summed E-state index contributed by atoms with van der Waals surface area (Å²) in [5, 5.41) is 0.699. The minimum atomic E-state index is -1.35. The van der Waals surface area contributed by atoms with Crippen molar-refractivity contribution in [2.45, 2.75) is 33.1 Å². The Hall–Kier alpha value is -2.73. The molecule has 0 radical (unpaired) electrons. The molecule has 1 aromatic heterocycles. The van der Waals surface area contributed by atoms with Crippen LogP contribution in [0.2, 0.25) is 0 Å². The molecule has 0 aliphatic heterocycles. The Morgan fingerprint density at radius 1 is 0.645 bits per heavy atom. The minimum absolute atomic E-state index is 0.0788. The molecular formula is C25H19F5S. The van der Waals surface area contributed by atoms with Crippen LogP contribution in [0.4, 0.5) is 22.0 Å². The lowest BCUT2D eigenvalue weighted by Crippen LogP contribution is -2.00. The quantitative estimate of drug-likeness (QED) is 0.270. The van der Waals surface area contributed by atoms with Crippen molar-refractivity contribution in [1.29, 1.82) is 0 Å². The first-order valence-electron chi connectivity index (χ1n) is 10.0. The lowest BCUT2D eigenvalue weighted by molar-refractivity contribution is 0.495. The summed E-state index contributed by atoms with van der Waals surface area (Å²) in [5.41, 5.74) is -0.951. The van der Waals surface area contributed by atoms with Crippen LogP contribution >= 0.6 is 11.3 Å². The molecule has 0 nitrogen and oxygen atoms in total. The van der Waals surface area contributed by atoms with Gasteiger partial charge in [0.15, 0.2) is 23.3 Å². The second-order valence-electron chi connectivity index (χ2n) is 7.35. The van der Waals surface area contributed by atoms with Gasteiger partial charge in [0.05, 0.1) is 4.70 Å². The summed E-state index contributed by atoms with van der Waals surface area (Å²) < 4.78 is 74.2. The van der Waals surface area contributed by atoms with Crippen LogP contribution in [0.5, 0.6) is 0 Å². The largest absolute Gasteiger partial charge is 0.205 e. The summed E-state index contributed by atoms with van der Waals surface area (Å²) in [6.45, 7) is 3.78. The molecule has 0 unspecified atom stereocenters. The molecule has 4 aromatic rings. The number of rotatable bonds is 5. The van der Waals surface area contributed by atoms with Crippen LogP contribution in [-0.4, -0.2) is 0 Å². The van der Waals surface area contributed by atoms with Crippen molar-refractivity contribution in [3.63, 3.8) is 0 Å². The van der Waals surface area contributed by atoms with E-state index in [0.29, 0.717) is 22.9 Å². The number of halogens is 5. The number of hydrogen-bond donors (Lipinski definition) is 0. The Balaban J connectivity index is 1.83. The summed E-state index contributed by atoms with van der Waals surface area (Å²) in [4.78, 5) is 0.983. The molecule has 6 heteroatoms. The van der Waals surface area contributed by atoms with E-state index in [-0.39, 0.29) is 22.3 Å². The first kappa shape index (κ1) is 21.5. The molecule has 0 aliphatic rings. The van der Waals surface area contributed by atoms with Gasteiger partial charge >= 0.3 is 0 Å². The SMILES string of the molecule is CCCc1ccc(-c2ccc(-c3ccc4cc(CC)sc4c3F)c(F)c2F)c(F)c1F. The maximum Gasteiger partial charge on any atom is 0.167 e. The molecule has 160 valence electrons. The molecule has 0 saturated heterocycles. The lowest BCUT2D eigenvalue weighted by atomic mass is 9.96. The fraction of sp³-hybridized carbons (Fsp3) is 0.200. The molecule has 0 fully saturated rings. The van der Waals surface area contributed by atoms with Crippen molar-refractivity contribution < 1.29 is 22.0 Å². The maximum absolute atomic E-state index is 15.1. The van der Waals surface area contributed by atoms with E-state index in [0.717, 1.165) is 17.4 Å². The van der Waals surface area contributed by atoms with Gasteiger partial charge in [-0.25, -0.2) is 22.0 Å². The van der Waals surface area contributed by atoms with Gasteiger partial charge in [0.2, 0.25) is 0 Å². The highest BCUT2D eigenvalue weighted by atomic mass is 32.1. The zero-order chi connectivity index (χ0) is 22.3. The highest BCUT2D eigenvalue weighted by molar-refractivity contribution is 7.19. The molecule has 0 amide bonds. The Morgan fingerprint density at radius 2 is 1.16 bits per heavy atom. The molecule has 1 heterocycles. The third-order valence-electron chi connectivity index (χ3n) is 5.37. The van der Waals surface area contributed by atoms with Crippen molar-refractivity contribution in [2.75, 3.05) is 0 Å². The van der Waals surface area contributed by atoms with Gasteiger partial charge in [-0.15, -0.1) is 11.3 Å². The van der Waals surface area contributed by atoms with Crippen LogP contribution in [0.1, 0.15) is 30.7 Å². The fourth-order valence-electron chi connectivity index (χ4n) is 3.73. The number of benzene rings is 3. The van der Waals surface area contributed by atoms with Gasteiger partial charge in [-0.1, -0.05) is 56.7 Å². The van der Waals surface area contributed by atoms with Gasteiger partial charge in [-0.2, -0.15) is 0 Å². The first-order chi connectivity index (χ1) is 14.9. The minimum Gasteiger partial charge on any atom is -0.205 e. The van der Waals surface area contributed by atoms with Crippen LogP contribution in [0, 0.1) is 29.1 Å². The number of aryl methyl sites for hydroxylation is 2. The third-order valence-corrected chi connectivity index (χ3v) is 6.66. The van der Waals surface area contributed by atoms with E-state index in [4.69, 9.17) is 0 Å². The van der Waals surface area contributed by atoms with E-state index in [9.17, 15) is 17.6 Å². The molecule has 0 atom stereocenters. The summed E-state index contributed by atoms with van der Waals surface area (Å²) in [6, 6.07) is 9.90. The molecule has 4 rings (SSSR count). The summed E-state index contributed by atoms with van der Waals surface area (Å²) in [5.74, 6) is -5.58. The smallest absolute Gasteiger partial charge is 0.167 e. The highest BCUT2D eigenvalue weighted by Gasteiger charge is 2.23. The zero-order valence-corrected chi connectivity index (χ0v) is 17.8. The van der Waals surface area contributed by atoms with E-state index in [1.54, 1.807) is 6.07 Å². The second kappa shape index (κ2) is 8.42. The highest BCUT2D eigenvalue weighted by Crippen LogP contribution is 2.38.